The molecule has 1 unspecified atom stereocenters. The van der Waals surface area contributed by atoms with Crippen LogP contribution in [0.4, 0.5) is 5.13 Å². The molecule has 2 heterocycles. The molecule has 1 N–H and O–H groups in total. The van der Waals surface area contributed by atoms with Crippen molar-refractivity contribution in [3.8, 4) is 5.75 Å². The van der Waals surface area contributed by atoms with Crippen LogP contribution in [-0.2, 0) is 17.6 Å². The number of aromatic nitrogens is 2. The Morgan fingerprint density at radius 3 is 3.09 bits per heavy atom. The average molecular weight is 329 g/mol. The first-order valence-corrected chi connectivity index (χ1v) is 8.84. The van der Waals surface area contributed by atoms with Crippen molar-refractivity contribution in [2.24, 2.45) is 5.92 Å². The molecule has 6 heteroatoms. The first-order valence-electron chi connectivity index (χ1n) is 8.07. The number of amides is 1. The van der Waals surface area contributed by atoms with E-state index in [1.807, 2.05) is 12.1 Å². The highest BCUT2D eigenvalue weighted by Gasteiger charge is 2.27. The summed E-state index contributed by atoms with van der Waals surface area (Å²) in [6, 6.07) is 6.08. The minimum absolute atomic E-state index is 0.134. The first kappa shape index (κ1) is 14.6. The molecular weight excluding hydrogens is 310 g/mol. The Labute approximate surface area is 139 Å². The zero-order valence-corrected chi connectivity index (χ0v) is 13.9. The number of hydrogen-bond donors (Lipinski definition) is 1. The summed E-state index contributed by atoms with van der Waals surface area (Å²) in [7, 11) is 0. The Kier molecular flexibility index (Phi) is 3.77. The number of nitrogens with zero attached hydrogens (tertiary/aromatic N) is 2. The maximum absolute atomic E-state index is 12.4. The molecule has 2 aromatic rings. The average Bonchev–Trinajstić information content (AvgIpc) is 3.25. The van der Waals surface area contributed by atoms with E-state index >= 15 is 0 Å². The van der Waals surface area contributed by atoms with Gasteiger partial charge in [0.25, 0.3) is 5.91 Å². The Balaban J connectivity index is 1.39. The van der Waals surface area contributed by atoms with Crippen LogP contribution in [-0.4, -0.2) is 21.4 Å². The SMILES string of the molecule is Cc1ccc2c(c1)CCC(C(=O)Nc1nc(CC3CC3)ns1)O2. The van der Waals surface area contributed by atoms with E-state index in [2.05, 4.69) is 27.7 Å². The largest absolute Gasteiger partial charge is 0.480 e. The monoisotopic (exact) mass is 329 g/mol. The number of nitrogens with one attached hydrogen (secondary N) is 1. The second-order valence-electron chi connectivity index (χ2n) is 6.41. The lowest BCUT2D eigenvalue weighted by atomic mass is 10.00. The quantitative estimate of drug-likeness (QED) is 0.936. The molecule has 0 radical (unpaired) electrons. The van der Waals surface area contributed by atoms with E-state index in [1.54, 1.807) is 0 Å². The molecule has 1 aromatic carbocycles. The molecule has 5 nitrogen and oxygen atoms in total. The van der Waals surface area contributed by atoms with Gasteiger partial charge in [-0.1, -0.05) is 17.7 Å². The van der Waals surface area contributed by atoms with E-state index < -0.39 is 6.10 Å². The Bertz CT molecular complexity index is 739. The molecular formula is C17H19N3O2S. The molecule has 2 aliphatic rings. The van der Waals surface area contributed by atoms with E-state index in [9.17, 15) is 4.79 Å². The number of aryl methyl sites for hydroxylation is 2. The van der Waals surface area contributed by atoms with Crippen LogP contribution in [0, 0.1) is 12.8 Å². The highest BCUT2D eigenvalue weighted by molar-refractivity contribution is 7.09. The number of rotatable bonds is 4. The maximum atomic E-state index is 12.4. The summed E-state index contributed by atoms with van der Waals surface area (Å²) in [5.74, 6) is 2.27. The third-order valence-corrected chi connectivity index (χ3v) is 4.99. The summed E-state index contributed by atoms with van der Waals surface area (Å²) >= 11 is 1.25. The van der Waals surface area contributed by atoms with Crippen LogP contribution >= 0.6 is 11.5 Å². The topological polar surface area (TPSA) is 64.1 Å². The summed E-state index contributed by atoms with van der Waals surface area (Å²) in [6.07, 6.45) is 4.57. The molecule has 0 saturated heterocycles. The molecule has 1 aliphatic heterocycles. The molecule has 1 amide bonds. The third-order valence-electron chi connectivity index (χ3n) is 4.32. The summed E-state index contributed by atoms with van der Waals surface area (Å²) in [5.41, 5.74) is 2.39. The molecule has 0 spiro atoms. The number of ether oxygens (including phenoxy) is 1. The number of carbonyl (C=O) groups is 1. The van der Waals surface area contributed by atoms with Crippen LogP contribution in [0.1, 0.15) is 36.2 Å². The predicted molar refractivity (Wildman–Crippen MR) is 88.9 cm³/mol. The van der Waals surface area contributed by atoms with Crippen LogP contribution in [0.3, 0.4) is 0 Å². The highest BCUT2D eigenvalue weighted by Crippen LogP contribution is 2.32. The number of carbonyl (C=O) groups excluding carboxylic acids is 1. The zero-order valence-electron chi connectivity index (χ0n) is 13.0. The highest BCUT2D eigenvalue weighted by atomic mass is 32.1. The number of fused-ring (bicyclic) bond motifs is 1. The molecule has 1 atom stereocenters. The summed E-state index contributed by atoms with van der Waals surface area (Å²) in [6.45, 7) is 2.06. The lowest BCUT2D eigenvalue weighted by Gasteiger charge is -2.25. The normalized spacial score (nSPS) is 19.8. The van der Waals surface area contributed by atoms with Gasteiger partial charge in [-0.2, -0.15) is 4.37 Å². The van der Waals surface area contributed by atoms with Gasteiger partial charge in [-0.25, -0.2) is 4.98 Å². The van der Waals surface area contributed by atoms with E-state index in [4.69, 9.17) is 4.74 Å². The number of benzene rings is 1. The standard InChI is InChI=1S/C17H19N3O2S/c1-10-2-6-13-12(8-10)5-7-14(22-13)16(21)19-17-18-15(20-23-17)9-11-3-4-11/h2,6,8,11,14H,3-5,7,9H2,1H3,(H,18,19,20,21). The van der Waals surface area contributed by atoms with Gasteiger partial charge in [-0.3, -0.25) is 10.1 Å². The van der Waals surface area contributed by atoms with Gasteiger partial charge in [0, 0.05) is 18.0 Å². The fourth-order valence-corrected chi connectivity index (χ4v) is 3.46. The van der Waals surface area contributed by atoms with Crippen molar-refractivity contribution in [1.29, 1.82) is 0 Å². The number of hydrogen-bond acceptors (Lipinski definition) is 5. The van der Waals surface area contributed by atoms with Gasteiger partial charge < -0.3 is 4.74 Å². The van der Waals surface area contributed by atoms with Gasteiger partial charge in [-0.05, 0) is 50.2 Å². The van der Waals surface area contributed by atoms with E-state index in [-0.39, 0.29) is 5.91 Å². The minimum Gasteiger partial charge on any atom is -0.480 e. The summed E-state index contributed by atoms with van der Waals surface area (Å²) < 4.78 is 10.2. The molecule has 120 valence electrons. The fourth-order valence-electron chi connectivity index (χ4n) is 2.86. The molecule has 1 aromatic heterocycles. The Morgan fingerprint density at radius 1 is 1.39 bits per heavy atom. The lowest BCUT2D eigenvalue weighted by Crippen LogP contribution is -2.35. The predicted octanol–water partition coefficient (Wildman–Crippen LogP) is 3.13. The minimum atomic E-state index is -0.457. The van der Waals surface area contributed by atoms with Crippen molar-refractivity contribution in [2.75, 3.05) is 5.32 Å². The van der Waals surface area contributed by atoms with Crippen LogP contribution in [0.25, 0.3) is 0 Å². The van der Waals surface area contributed by atoms with E-state index in [0.29, 0.717) is 11.6 Å². The van der Waals surface area contributed by atoms with Gasteiger partial charge >= 0.3 is 0 Å². The van der Waals surface area contributed by atoms with E-state index in [1.165, 1.54) is 35.5 Å². The van der Waals surface area contributed by atoms with Crippen LogP contribution in [0.15, 0.2) is 18.2 Å². The van der Waals surface area contributed by atoms with Gasteiger partial charge in [0.1, 0.15) is 11.6 Å². The van der Waals surface area contributed by atoms with Crippen molar-refractivity contribution >= 4 is 22.6 Å². The Hall–Kier alpha value is -1.95. The van der Waals surface area contributed by atoms with Crippen LogP contribution < -0.4 is 10.1 Å². The summed E-state index contributed by atoms with van der Waals surface area (Å²) in [4.78, 5) is 16.8. The van der Waals surface area contributed by atoms with Gasteiger partial charge in [0.2, 0.25) is 5.13 Å². The number of anilines is 1. The third kappa shape index (κ3) is 3.37. The second kappa shape index (κ2) is 5.92. The fraction of sp³-hybridized carbons (Fsp3) is 0.471. The van der Waals surface area contributed by atoms with Crippen molar-refractivity contribution in [1.82, 2.24) is 9.36 Å². The Morgan fingerprint density at radius 2 is 2.26 bits per heavy atom. The first-order chi connectivity index (χ1) is 11.2. The van der Waals surface area contributed by atoms with Gasteiger partial charge in [-0.15, -0.1) is 0 Å². The van der Waals surface area contributed by atoms with Crippen molar-refractivity contribution in [3.63, 3.8) is 0 Å². The zero-order chi connectivity index (χ0) is 15.8. The molecule has 1 fully saturated rings. The molecule has 1 aliphatic carbocycles. The second-order valence-corrected chi connectivity index (χ2v) is 7.16. The van der Waals surface area contributed by atoms with Crippen molar-refractivity contribution < 1.29 is 9.53 Å². The van der Waals surface area contributed by atoms with Gasteiger partial charge in [0.05, 0.1) is 0 Å². The van der Waals surface area contributed by atoms with Crippen LogP contribution in [0.2, 0.25) is 0 Å². The summed E-state index contributed by atoms with van der Waals surface area (Å²) in [5, 5.41) is 3.42. The van der Waals surface area contributed by atoms with Crippen LogP contribution in [0.5, 0.6) is 5.75 Å². The maximum Gasteiger partial charge on any atom is 0.267 e. The molecule has 23 heavy (non-hydrogen) atoms. The van der Waals surface area contributed by atoms with Gasteiger partial charge in [0.15, 0.2) is 6.10 Å². The smallest absolute Gasteiger partial charge is 0.267 e. The molecule has 0 bridgehead atoms. The molecule has 1 saturated carbocycles. The molecule has 4 rings (SSSR count). The van der Waals surface area contributed by atoms with Crippen molar-refractivity contribution in [3.05, 3.63) is 35.2 Å². The lowest BCUT2D eigenvalue weighted by molar-refractivity contribution is -0.123. The van der Waals surface area contributed by atoms with Crippen molar-refractivity contribution in [2.45, 2.75) is 45.1 Å². The van der Waals surface area contributed by atoms with E-state index in [0.717, 1.165) is 30.3 Å².